The van der Waals surface area contributed by atoms with Crippen LogP contribution in [0.5, 0.6) is 0 Å². The van der Waals surface area contributed by atoms with Crippen molar-refractivity contribution in [3.8, 4) is 0 Å². The molecule has 2 atom stereocenters. The van der Waals surface area contributed by atoms with E-state index in [2.05, 4.69) is 12.0 Å². The second kappa shape index (κ2) is 5.21. The second-order valence-electron chi connectivity index (χ2n) is 5.71. The summed E-state index contributed by atoms with van der Waals surface area (Å²) in [4.78, 5) is 0. The van der Waals surface area contributed by atoms with E-state index >= 15 is 0 Å². The Morgan fingerprint density at radius 1 is 1.47 bits per heavy atom. The summed E-state index contributed by atoms with van der Waals surface area (Å²) >= 11 is 0. The summed E-state index contributed by atoms with van der Waals surface area (Å²) in [6.45, 7) is 2.30. The van der Waals surface area contributed by atoms with E-state index in [9.17, 15) is 5.11 Å². The SMILES string of the molecule is CC1CCCC(O)(CCc2ccnn2C)CC1. The summed E-state index contributed by atoms with van der Waals surface area (Å²) < 4.78 is 1.91. The van der Waals surface area contributed by atoms with Gasteiger partial charge in [-0.1, -0.05) is 19.8 Å². The zero-order valence-corrected chi connectivity index (χ0v) is 11.0. The average Bonchev–Trinajstić information content (AvgIpc) is 2.62. The van der Waals surface area contributed by atoms with Crippen LogP contribution in [0.3, 0.4) is 0 Å². The zero-order valence-electron chi connectivity index (χ0n) is 11.0. The van der Waals surface area contributed by atoms with E-state index in [1.807, 2.05) is 24.0 Å². The second-order valence-corrected chi connectivity index (χ2v) is 5.71. The molecule has 1 N–H and O–H groups in total. The average molecular weight is 236 g/mol. The molecule has 0 amide bonds. The van der Waals surface area contributed by atoms with Gasteiger partial charge in [0.25, 0.3) is 0 Å². The molecule has 1 saturated carbocycles. The van der Waals surface area contributed by atoms with Crippen LogP contribution < -0.4 is 0 Å². The molecule has 17 heavy (non-hydrogen) atoms. The molecule has 2 rings (SSSR count). The van der Waals surface area contributed by atoms with Crippen molar-refractivity contribution < 1.29 is 5.11 Å². The molecule has 0 radical (unpaired) electrons. The van der Waals surface area contributed by atoms with E-state index in [4.69, 9.17) is 0 Å². The highest BCUT2D eigenvalue weighted by Gasteiger charge is 2.29. The number of aryl methyl sites for hydroxylation is 2. The Bertz CT molecular complexity index is 361. The standard InChI is InChI=1S/C14H24N2O/c1-12-4-3-8-14(17,9-5-12)10-6-13-7-11-15-16(13)2/h7,11-12,17H,3-6,8-10H2,1-2H3. The van der Waals surface area contributed by atoms with E-state index in [0.717, 1.165) is 31.6 Å². The molecule has 1 heterocycles. The number of aromatic nitrogens is 2. The van der Waals surface area contributed by atoms with Gasteiger partial charge in [-0.2, -0.15) is 5.10 Å². The fourth-order valence-corrected chi connectivity index (χ4v) is 2.82. The van der Waals surface area contributed by atoms with Gasteiger partial charge in [0, 0.05) is 18.9 Å². The summed E-state index contributed by atoms with van der Waals surface area (Å²) in [7, 11) is 1.97. The number of rotatable bonds is 3. The summed E-state index contributed by atoms with van der Waals surface area (Å²) in [5.41, 5.74) is 0.783. The van der Waals surface area contributed by atoms with Gasteiger partial charge in [-0.15, -0.1) is 0 Å². The van der Waals surface area contributed by atoms with Crippen LogP contribution in [0.2, 0.25) is 0 Å². The van der Waals surface area contributed by atoms with E-state index in [-0.39, 0.29) is 0 Å². The Morgan fingerprint density at radius 3 is 3.00 bits per heavy atom. The molecule has 96 valence electrons. The third kappa shape index (κ3) is 3.32. The van der Waals surface area contributed by atoms with Crippen LogP contribution in [0.1, 0.15) is 51.1 Å². The van der Waals surface area contributed by atoms with E-state index in [1.165, 1.54) is 25.0 Å². The number of hydrogen-bond acceptors (Lipinski definition) is 2. The molecule has 3 nitrogen and oxygen atoms in total. The number of aliphatic hydroxyl groups is 1. The normalized spacial score (nSPS) is 30.2. The highest BCUT2D eigenvalue weighted by atomic mass is 16.3. The monoisotopic (exact) mass is 236 g/mol. The molecule has 2 unspecified atom stereocenters. The molecule has 1 aromatic heterocycles. The molecule has 0 bridgehead atoms. The Balaban J connectivity index is 1.91. The van der Waals surface area contributed by atoms with E-state index in [0.29, 0.717) is 0 Å². The highest BCUT2D eigenvalue weighted by molar-refractivity contribution is 5.01. The van der Waals surface area contributed by atoms with Crippen LogP contribution in [0.25, 0.3) is 0 Å². The van der Waals surface area contributed by atoms with E-state index in [1.54, 1.807) is 0 Å². The smallest absolute Gasteiger partial charge is 0.0651 e. The topological polar surface area (TPSA) is 38.1 Å². The van der Waals surface area contributed by atoms with Crippen LogP contribution in [0.4, 0.5) is 0 Å². The summed E-state index contributed by atoms with van der Waals surface area (Å²) in [5, 5.41) is 14.8. The first-order chi connectivity index (χ1) is 8.09. The fourth-order valence-electron chi connectivity index (χ4n) is 2.82. The first-order valence-electron chi connectivity index (χ1n) is 6.78. The highest BCUT2D eigenvalue weighted by Crippen LogP contribution is 2.33. The van der Waals surface area contributed by atoms with Gasteiger partial charge >= 0.3 is 0 Å². The van der Waals surface area contributed by atoms with Gasteiger partial charge in [-0.3, -0.25) is 4.68 Å². The maximum atomic E-state index is 10.6. The molecule has 3 heteroatoms. The van der Waals surface area contributed by atoms with Crippen molar-refractivity contribution >= 4 is 0 Å². The maximum absolute atomic E-state index is 10.6. The first kappa shape index (κ1) is 12.6. The van der Waals surface area contributed by atoms with Gasteiger partial charge in [0.2, 0.25) is 0 Å². The Morgan fingerprint density at radius 2 is 2.29 bits per heavy atom. The van der Waals surface area contributed by atoms with Gasteiger partial charge in [-0.05, 0) is 44.1 Å². The van der Waals surface area contributed by atoms with Gasteiger partial charge in [0.1, 0.15) is 0 Å². The number of nitrogens with zero attached hydrogens (tertiary/aromatic N) is 2. The van der Waals surface area contributed by atoms with Gasteiger partial charge < -0.3 is 5.11 Å². The summed E-state index contributed by atoms with van der Waals surface area (Å²) in [6.07, 6.45) is 9.18. The van der Waals surface area contributed by atoms with Crippen molar-refractivity contribution in [2.24, 2.45) is 13.0 Å². The zero-order chi connectivity index (χ0) is 12.3. The maximum Gasteiger partial charge on any atom is 0.0651 e. The predicted molar refractivity (Wildman–Crippen MR) is 68.7 cm³/mol. The molecule has 1 fully saturated rings. The lowest BCUT2D eigenvalue weighted by atomic mass is 9.88. The summed E-state index contributed by atoms with van der Waals surface area (Å²) in [6, 6.07) is 2.04. The van der Waals surface area contributed by atoms with Crippen molar-refractivity contribution in [2.45, 2.75) is 57.5 Å². The van der Waals surface area contributed by atoms with Crippen molar-refractivity contribution in [1.82, 2.24) is 9.78 Å². The minimum atomic E-state index is -0.435. The van der Waals surface area contributed by atoms with Crippen LogP contribution in [0.15, 0.2) is 12.3 Å². The van der Waals surface area contributed by atoms with Crippen LogP contribution in [0, 0.1) is 5.92 Å². The first-order valence-corrected chi connectivity index (χ1v) is 6.78. The molecule has 0 saturated heterocycles. The molecule has 1 aromatic rings. The Labute approximate surface area is 104 Å². The Hall–Kier alpha value is -0.830. The quantitative estimate of drug-likeness (QED) is 0.819. The lowest BCUT2D eigenvalue weighted by molar-refractivity contribution is 0.0155. The minimum Gasteiger partial charge on any atom is -0.390 e. The molecule has 0 aliphatic heterocycles. The van der Waals surface area contributed by atoms with Crippen molar-refractivity contribution in [1.29, 1.82) is 0 Å². The molecule has 1 aliphatic carbocycles. The van der Waals surface area contributed by atoms with Gasteiger partial charge in [-0.25, -0.2) is 0 Å². The lowest BCUT2D eigenvalue weighted by Gasteiger charge is -2.26. The third-order valence-corrected chi connectivity index (χ3v) is 4.21. The number of hydrogen-bond donors (Lipinski definition) is 1. The third-order valence-electron chi connectivity index (χ3n) is 4.21. The van der Waals surface area contributed by atoms with Gasteiger partial charge in [0.15, 0.2) is 0 Å². The van der Waals surface area contributed by atoms with E-state index < -0.39 is 5.60 Å². The molecule has 0 aromatic carbocycles. The molecule has 1 aliphatic rings. The van der Waals surface area contributed by atoms with Crippen LogP contribution in [-0.4, -0.2) is 20.5 Å². The fraction of sp³-hybridized carbons (Fsp3) is 0.786. The lowest BCUT2D eigenvalue weighted by Crippen LogP contribution is -2.28. The van der Waals surface area contributed by atoms with Gasteiger partial charge in [0.05, 0.1) is 5.60 Å². The molecule has 0 spiro atoms. The van der Waals surface area contributed by atoms with Crippen molar-refractivity contribution in [3.05, 3.63) is 18.0 Å². The molecular formula is C14H24N2O. The van der Waals surface area contributed by atoms with Crippen LogP contribution in [-0.2, 0) is 13.5 Å². The van der Waals surface area contributed by atoms with Crippen molar-refractivity contribution in [2.75, 3.05) is 0 Å². The Kier molecular flexibility index (Phi) is 3.87. The minimum absolute atomic E-state index is 0.435. The van der Waals surface area contributed by atoms with Crippen LogP contribution >= 0.6 is 0 Å². The summed E-state index contributed by atoms with van der Waals surface area (Å²) in [5.74, 6) is 0.778. The largest absolute Gasteiger partial charge is 0.390 e. The predicted octanol–water partition coefficient (Wildman–Crippen LogP) is 2.68. The van der Waals surface area contributed by atoms with Crippen molar-refractivity contribution in [3.63, 3.8) is 0 Å². The molecular weight excluding hydrogens is 212 g/mol.